The van der Waals surface area contributed by atoms with Crippen LogP contribution in [0.4, 0.5) is 13.2 Å². The van der Waals surface area contributed by atoms with Crippen LogP contribution < -0.4 is 10.9 Å². The first-order chi connectivity index (χ1) is 15.8. The molecule has 1 aromatic carbocycles. The largest absolute Gasteiger partial charge is 0.416 e. The van der Waals surface area contributed by atoms with Gasteiger partial charge in [-0.15, -0.1) is 11.3 Å². The molecule has 33 heavy (non-hydrogen) atoms. The molecule has 3 aromatic heterocycles. The molecule has 0 saturated carbocycles. The Bertz CT molecular complexity index is 1370. The van der Waals surface area contributed by atoms with Gasteiger partial charge in [-0.1, -0.05) is 17.3 Å². The molecule has 1 atom stereocenters. The number of thiophene rings is 1. The van der Waals surface area contributed by atoms with Gasteiger partial charge in [-0.05, 0) is 49.4 Å². The lowest BCUT2D eigenvalue weighted by atomic mass is 9.93. The van der Waals surface area contributed by atoms with E-state index >= 15 is 0 Å². The van der Waals surface area contributed by atoms with E-state index in [4.69, 9.17) is 4.52 Å². The lowest BCUT2D eigenvalue weighted by Gasteiger charge is -2.22. The number of fused-ring (bicyclic) bond motifs is 3. The summed E-state index contributed by atoms with van der Waals surface area (Å²) < 4.78 is 45.7. The number of hydrogen-bond acceptors (Lipinski definition) is 6. The van der Waals surface area contributed by atoms with Gasteiger partial charge in [-0.3, -0.25) is 9.36 Å². The lowest BCUT2D eigenvalue weighted by Crippen LogP contribution is -2.33. The molecule has 0 bridgehead atoms. The normalized spacial score (nSPS) is 16.3. The van der Waals surface area contributed by atoms with E-state index in [1.54, 1.807) is 6.07 Å². The minimum Gasteiger partial charge on any atom is -0.360 e. The van der Waals surface area contributed by atoms with Crippen LogP contribution in [0.15, 0.2) is 46.0 Å². The molecular weight excluding hydrogens is 453 g/mol. The van der Waals surface area contributed by atoms with Crippen molar-refractivity contribution in [3.63, 3.8) is 0 Å². The third kappa shape index (κ3) is 4.45. The van der Waals surface area contributed by atoms with Crippen molar-refractivity contribution in [2.45, 2.75) is 51.5 Å². The molecule has 3 heterocycles. The van der Waals surface area contributed by atoms with Gasteiger partial charge < -0.3 is 9.84 Å². The van der Waals surface area contributed by atoms with E-state index in [0.717, 1.165) is 53.3 Å². The summed E-state index contributed by atoms with van der Waals surface area (Å²) in [6.07, 6.45) is -0.599. The third-order valence-corrected chi connectivity index (χ3v) is 7.05. The number of benzene rings is 1. The molecule has 0 saturated heterocycles. The second-order valence-corrected chi connectivity index (χ2v) is 9.40. The van der Waals surface area contributed by atoms with Crippen molar-refractivity contribution < 1.29 is 17.7 Å². The zero-order valence-corrected chi connectivity index (χ0v) is 18.6. The molecule has 10 heteroatoms. The molecular formula is C23H21F3N4O2S. The van der Waals surface area contributed by atoms with Crippen molar-refractivity contribution in [3.8, 4) is 0 Å². The maximum atomic E-state index is 13.2. The SMILES string of the molecule is Cc1cc(CNC2CCc3c(sc4ncn(Cc5cccc(C(F)(F)F)c5)c(=O)c34)C2)on1. The quantitative estimate of drug-likeness (QED) is 0.462. The summed E-state index contributed by atoms with van der Waals surface area (Å²) >= 11 is 1.52. The molecule has 1 aliphatic rings. The van der Waals surface area contributed by atoms with E-state index in [2.05, 4.69) is 15.5 Å². The zero-order valence-electron chi connectivity index (χ0n) is 17.8. The standard InChI is InChI=1S/C23H21F3N4O2S/c1-13-7-17(32-29-13)10-27-16-5-6-18-19(9-16)33-21-20(18)22(31)30(12-28-21)11-14-3-2-4-15(8-14)23(24,25)26/h2-4,7-8,12,16,27H,5-6,9-11H2,1H3. The first-order valence-electron chi connectivity index (χ1n) is 10.6. The first-order valence-corrected chi connectivity index (χ1v) is 11.4. The van der Waals surface area contributed by atoms with Crippen molar-refractivity contribution in [2.24, 2.45) is 0 Å². The van der Waals surface area contributed by atoms with E-state index in [9.17, 15) is 18.0 Å². The molecule has 0 spiro atoms. The molecule has 0 fully saturated rings. The fourth-order valence-electron chi connectivity index (χ4n) is 4.28. The van der Waals surface area contributed by atoms with Crippen LogP contribution in [0.3, 0.4) is 0 Å². The predicted molar refractivity (Wildman–Crippen MR) is 118 cm³/mol. The Kier molecular flexibility index (Phi) is 5.57. The lowest BCUT2D eigenvalue weighted by molar-refractivity contribution is -0.137. The van der Waals surface area contributed by atoms with Crippen molar-refractivity contribution in [2.75, 3.05) is 0 Å². The fourth-order valence-corrected chi connectivity index (χ4v) is 5.53. The Morgan fingerprint density at radius 3 is 2.91 bits per heavy atom. The number of rotatable bonds is 5. The van der Waals surface area contributed by atoms with Crippen LogP contribution >= 0.6 is 11.3 Å². The van der Waals surface area contributed by atoms with E-state index in [0.29, 0.717) is 22.3 Å². The van der Waals surface area contributed by atoms with Crippen LogP contribution in [0.1, 0.15) is 39.4 Å². The van der Waals surface area contributed by atoms with Crippen LogP contribution in [0.5, 0.6) is 0 Å². The summed E-state index contributed by atoms with van der Waals surface area (Å²) in [6.45, 7) is 2.51. The van der Waals surface area contributed by atoms with Crippen LogP contribution in [0.25, 0.3) is 10.2 Å². The number of aryl methyl sites for hydroxylation is 2. The van der Waals surface area contributed by atoms with Gasteiger partial charge in [0.05, 0.1) is 36.1 Å². The van der Waals surface area contributed by atoms with E-state index in [-0.39, 0.29) is 18.1 Å². The molecule has 1 aliphatic carbocycles. The van der Waals surface area contributed by atoms with Crippen molar-refractivity contribution in [1.29, 1.82) is 0 Å². The molecule has 172 valence electrons. The predicted octanol–water partition coefficient (Wildman–Crippen LogP) is 4.47. The summed E-state index contributed by atoms with van der Waals surface area (Å²) in [5.41, 5.74) is 1.32. The average Bonchev–Trinajstić information content (AvgIpc) is 3.36. The second kappa shape index (κ2) is 8.42. The van der Waals surface area contributed by atoms with E-state index in [1.807, 2.05) is 13.0 Å². The number of aromatic nitrogens is 3. The summed E-state index contributed by atoms with van der Waals surface area (Å²) in [5.74, 6) is 0.786. The summed E-state index contributed by atoms with van der Waals surface area (Å²) in [7, 11) is 0. The van der Waals surface area contributed by atoms with Gasteiger partial charge in [0.2, 0.25) is 0 Å². The van der Waals surface area contributed by atoms with Gasteiger partial charge in [0.15, 0.2) is 5.76 Å². The Hall–Kier alpha value is -2.98. The molecule has 5 rings (SSSR count). The van der Waals surface area contributed by atoms with Gasteiger partial charge >= 0.3 is 6.18 Å². The Balaban J connectivity index is 1.37. The van der Waals surface area contributed by atoms with Gasteiger partial charge in [-0.25, -0.2) is 4.98 Å². The minimum absolute atomic E-state index is 0.0388. The Morgan fingerprint density at radius 1 is 1.30 bits per heavy atom. The van der Waals surface area contributed by atoms with Gasteiger partial charge in [-0.2, -0.15) is 13.2 Å². The number of alkyl halides is 3. The van der Waals surface area contributed by atoms with Crippen LogP contribution in [-0.2, 0) is 32.1 Å². The molecule has 0 aliphatic heterocycles. The van der Waals surface area contributed by atoms with E-state index in [1.165, 1.54) is 28.3 Å². The molecule has 0 amide bonds. The van der Waals surface area contributed by atoms with Crippen molar-refractivity contribution >= 4 is 21.6 Å². The monoisotopic (exact) mass is 474 g/mol. The highest BCUT2D eigenvalue weighted by molar-refractivity contribution is 7.18. The van der Waals surface area contributed by atoms with Crippen LogP contribution in [0, 0.1) is 6.92 Å². The summed E-state index contributed by atoms with van der Waals surface area (Å²) in [6, 6.07) is 7.19. The second-order valence-electron chi connectivity index (χ2n) is 8.31. The highest BCUT2D eigenvalue weighted by atomic mass is 32.1. The van der Waals surface area contributed by atoms with Crippen LogP contribution in [-0.4, -0.2) is 20.7 Å². The van der Waals surface area contributed by atoms with Crippen molar-refractivity contribution in [1.82, 2.24) is 20.0 Å². The number of halogens is 3. The first kappa shape index (κ1) is 21.8. The summed E-state index contributed by atoms with van der Waals surface area (Å²) in [5, 5.41) is 7.98. The zero-order chi connectivity index (χ0) is 23.2. The molecule has 6 nitrogen and oxygen atoms in total. The Morgan fingerprint density at radius 2 is 2.15 bits per heavy atom. The molecule has 1 unspecified atom stereocenters. The number of nitrogens with zero attached hydrogens (tertiary/aromatic N) is 3. The summed E-state index contributed by atoms with van der Waals surface area (Å²) in [4.78, 5) is 19.5. The maximum Gasteiger partial charge on any atom is 0.416 e. The van der Waals surface area contributed by atoms with Crippen LogP contribution in [0.2, 0.25) is 0 Å². The number of nitrogens with one attached hydrogen (secondary N) is 1. The van der Waals surface area contributed by atoms with Gasteiger partial charge in [0, 0.05) is 17.0 Å². The molecule has 4 aromatic rings. The van der Waals surface area contributed by atoms with Crippen molar-refractivity contribution in [3.05, 3.63) is 80.0 Å². The molecule has 1 N–H and O–H groups in total. The topological polar surface area (TPSA) is 73.0 Å². The smallest absolute Gasteiger partial charge is 0.360 e. The third-order valence-electron chi connectivity index (χ3n) is 5.88. The van der Waals surface area contributed by atoms with Gasteiger partial charge in [0.25, 0.3) is 5.56 Å². The average molecular weight is 475 g/mol. The highest BCUT2D eigenvalue weighted by Gasteiger charge is 2.30. The highest BCUT2D eigenvalue weighted by Crippen LogP contribution is 2.34. The van der Waals surface area contributed by atoms with Gasteiger partial charge in [0.1, 0.15) is 4.83 Å². The van der Waals surface area contributed by atoms with E-state index < -0.39 is 11.7 Å². The Labute approximate surface area is 191 Å². The minimum atomic E-state index is -4.42. The maximum absolute atomic E-state index is 13.2. The number of hydrogen-bond donors (Lipinski definition) is 1. The fraction of sp³-hybridized carbons (Fsp3) is 0.348. The molecule has 0 radical (unpaired) electrons.